The van der Waals surface area contributed by atoms with Gasteiger partial charge in [-0.1, -0.05) is 55.5 Å². The maximum Gasteiger partial charge on any atom is 0.182 e. The molecular weight excluding hydrogens is 388 g/mol. The fourth-order valence-electron chi connectivity index (χ4n) is 3.68. The second-order valence-electron chi connectivity index (χ2n) is 8.35. The normalized spacial score (nSPS) is 11.8. The predicted molar refractivity (Wildman–Crippen MR) is 120 cm³/mol. The molecule has 0 spiro atoms. The summed E-state index contributed by atoms with van der Waals surface area (Å²) in [6, 6.07) is 16.7. The molecule has 0 aliphatic heterocycles. The molecule has 0 aliphatic carbocycles. The van der Waals surface area contributed by atoms with Crippen LogP contribution < -0.4 is 0 Å². The van der Waals surface area contributed by atoms with Gasteiger partial charge in [-0.2, -0.15) is 0 Å². The summed E-state index contributed by atoms with van der Waals surface area (Å²) in [6.07, 6.45) is 3.86. The Morgan fingerprint density at radius 2 is 1.71 bits per heavy atom. The van der Waals surface area contributed by atoms with Crippen molar-refractivity contribution in [2.75, 3.05) is 0 Å². The molecule has 160 valence electrons. The van der Waals surface area contributed by atoms with E-state index < -0.39 is 5.60 Å². The summed E-state index contributed by atoms with van der Waals surface area (Å²) < 4.78 is 3.83. The van der Waals surface area contributed by atoms with Crippen LogP contribution in [0.5, 0.6) is 0 Å². The Labute approximate surface area is 182 Å². The highest BCUT2D eigenvalue weighted by atomic mass is 16.3. The molecule has 0 fully saturated rings. The van der Waals surface area contributed by atoms with Crippen LogP contribution in [0.3, 0.4) is 0 Å². The molecule has 0 saturated heterocycles. The molecule has 4 aromatic rings. The number of nitrogens with zero attached hydrogens (tertiary/aromatic N) is 6. The zero-order valence-electron chi connectivity index (χ0n) is 18.4. The maximum absolute atomic E-state index is 10.4. The highest BCUT2D eigenvalue weighted by Gasteiger charge is 2.21. The lowest BCUT2D eigenvalue weighted by Gasteiger charge is -2.13. The standard InChI is InChI=1S/C24H28N6O/c1-5-8-22-25-21(24(2,3)31)16-30(22)15-17-11-13-18(14-12-17)19-9-6-7-10-20(19)23-26-27-28-29(23)4/h6-7,9-14,16,31H,5,8,15H2,1-4H3. The molecule has 2 heterocycles. The van der Waals surface area contributed by atoms with Crippen molar-refractivity contribution in [3.05, 3.63) is 71.8 Å². The number of hydrogen-bond donors (Lipinski definition) is 1. The van der Waals surface area contributed by atoms with Gasteiger partial charge in [0.25, 0.3) is 0 Å². The van der Waals surface area contributed by atoms with Crippen molar-refractivity contribution in [2.24, 2.45) is 7.05 Å². The number of benzene rings is 2. The third-order valence-electron chi connectivity index (χ3n) is 5.37. The lowest BCUT2D eigenvalue weighted by Crippen LogP contribution is -2.15. The Bertz CT molecular complexity index is 1170. The third-order valence-corrected chi connectivity index (χ3v) is 5.37. The van der Waals surface area contributed by atoms with Crippen LogP contribution >= 0.6 is 0 Å². The summed E-state index contributed by atoms with van der Waals surface area (Å²) in [4.78, 5) is 4.67. The van der Waals surface area contributed by atoms with Gasteiger partial charge in [-0.25, -0.2) is 9.67 Å². The van der Waals surface area contributed by atoms with Gasteiger partial charge in [-0.15, -0.1) is 5.10 Å². The Morgan fingerprint density at radius 3 is 2.32 bits per heavy atom. The first-order chi connectivity index (χ1) is 14.9. The van der Waals surface area contributed by atoms with Crippen LogP contribution in [-0.2, 0) is 25.6 Å². The summed E-state index contributed by atoms with van der Waals surface area (Å²) in [5.74, 6) is 1.74. The first-order valence-corrected chi connectivity index (χ1v) is 10.6. The van der Waals surface area contributed by atoms with Crippen LogP contribution in [0.1, 0.15) is 44.3 Å². The van der Waals surface area contributed by atoms with Gasteiger partial charge in [0, 0.05) is 31.8 Å². The minimum Gasteiger partial charge on any atom is -0.384 e. The average molecular weight is 417 g/mol. The Kier molecular flexibility index (Phi) is 5.69. The summed E-state index contributed by atoms with van der Waals surface area (Å²) in [7, 11) is 1.84. The molecule has 1 N–H and O–H groups in total. The highest BCUT2D eigenvalue weighted by Crippen LogP contribution is 2.30. The van der Waals surface area contributed by atoms with E-state index in [-0.39, 0.29) is 0 Å². The number of hydrogen-bond acceptors (Lipinski definition) is 5. The number of rotatable bonds is 7. The van der Waals surface area contributed by atoms with Crippen LogP contribution in [-0.4, -0.2) is 34.9 Å². The topological polar surface area (TPSA) is 81.7 Å². The van der Waals surface area contributed by atoms with Crippen molar-refractivity contribution in [3.8, 4) is 22.5 Å². The minimum atomic E-state index is -0.948. The molecule has 7 nitrogen and oxygen atoms in total. The van der Waals surface area contributed by atoms with Gasteiger partial charge >= 0.3 is 0 Å². The van der Waals surface area contributed by atoms with Crippen molar-refractivity contribution in [1.29, 1.82) is 0 Å². The smallest absolute Gasteiger partial charge is 0.182 e. The lowest BCUT2D eigenvalue weighted by atomic mass is 9.98. The maximum atomic E-state index is 10.4. The van der Waals surface area contributed by atoms with E-state index in [4.69, 9.17) is 0 Å². The molecule has 0 radical (unpaired) electrons. The van der Waals surface area contributed by atoms with Crippen LogP contribution in [0.25, 0.3) is 22.5 Å². The number of tetrazole rings is 1. The minimum absolute atomic E-state index is 0.707. The van der Waals surface area contributed by atoms with E-state index in [1.807, 2.05) is 31.4 Å². The molecule has 2 aromatic heterocycles. The largest absolute Gasteiger partial charge is 0.384 e. The molecular formula is C24H28N6O. The van der Waals surface area contributed by atoms with Crippen LogP contribution in [0.4, 0.5) is 0 Å². The van der Waals surface area contributed by atoms with Gasteiger partial charge in [-0.05, 0) is 47.4 Å². The second kappa shape index (κ2) is 8.43. The van der Waals surface area contributed by atoms with Crippen LogP contribution in [0, 0.1) is 0 Å². The van der Waals surface area contributed by atoms with Crippen molar-refractivity contribution < 1.29 is 5.11 Å². The summed E-state index contributed by atoms with van der Waals surface area (Å²) in [6.45, 7) is 6.40. The van der Waals surface area contributed by atoms with E-state index >= 15 is 0 Å². The van der Waals surface area contributed by atoms with E-state index in [2.05, 4.69) is 62.3 Å². The molecule has 0 aliphatic rings. The van der Waals surface area contributed by atoms with Crippen molar-refractivity contribution in [1.82, 2.24) is 29.8 Å². The SMILES string of the molecule is CCCc1nc(C(C)(C)O)cn1Cc1ccc(-c2ccccc2-c2nnnn2C)cc1. The van der Waals surface area contributed by atoms with E-state index in [0.717, 1.165) is 41.2 Å². The second-order valence-corrected chi connectivity index (χ2v) is 8.35. The first-order valence-electron chi connectivity index (χ1n) is 10.6. The summed E-state index contributed by atoms with van der Waals surface area (Å²) in [5, 5.41) is 22.3. The molecule has 7 heteroatoms. The summed E-state index contributed by atoms with van der Waals surface area (Å²) >= 11 is 0. The van der Waals surface area contributed by atoms with E-state index in [1.165, 1.54) is 5.56 Å². The van der Waals surface area contributed by atoms with E-state index in [9.17, 15) is 5.11 Å². The Morgan fingerprint density at radius 1 is 1.00 bits per heavy atom. The zero-order valence-corrected chi connectivity index (χ0v) is 18.4. The molecule has 0 atom stereocenters. The number of aliphatic hydroxyl groups is 1. The van der Waals surface area contributed by atoms with Crippen molar-refractivity contribution in [3.63, 3.8) is 0 Å². The van der Waals surface area contributed by atoms with Gasteiger partial charge in [0.1, 0.15) is 11.4 Å². The van der Waals surface area contributed by atoms with Gasteiger partial charge < -0.3 is 9.67 Å². The molecule has 4 rings (SSSR count). The molecule has 31 heavy (non-hydrogen) atoms. The Balaban J connectivity index is 1.62. The molecule has 0 amide bonds. The average Bonchev–Trinajstić information content (AvgIpc) is 3.35. The highest BCUT2D eigenvalue weighted by molar-refractivity contribution is 5.80. The van der Waals surface area contributed by atoms with Gasteiger partial charge in [-0.3, -0.25) is 0 Å². The van der Waals surface area contributed by atoms with Crippen LogP contribution in [0.2, 0.25) is 0 Å². The number of imidazole rings is 1. The van der Waals surface area contributed by atoms with Gasteiger partial charge in [0.05, 0.1) is 5.69 Å². The van der Waals surface area contributed by atoms with Crippen molar-refractivity contribution >= 4 is 0 Å². The summed E-state index contributed by atoms with van der Waals surface area (Å²) in [5.41, 5.74) is 4.13. The number of aromatic nitrogens is 6. The van der Waals surface area contributed by atoms with Gasteiger partial charge in [0.2, 0.25) is 0 Å². The zero-order chi connectivity index (χ0) is 22.0. The lowest BCUT2D eigenvalue weighted by molar-refractivity contribution is 0.0741. The fourth-order valence-corrected chi connectivity index (χ4v) is 3.68. The van der Waals surface area contributed by atoms with Crippen LogP contribution in [0.15, 0.2) is 54.7 Å². The monoisotopic (exact) mass is 416 g/mol. The first kappa shape index (κ1) is 20.9. The molecule has 0 saturated carbocycles. The Hall–Kier alpha value is -3.32. The fraction of sp³-hybridized carbons (Fsp3) is 0.333. The van der Waals surface area contributed by atoms with E-state index in [0.29, 0.717) is 12.2 Å². The molecule has 0 bridgehead atoms. The van der Waals surface area contributed by atoms with E-state index in [1.54, 1.807) is 18.5 Å². The number of aryl methyl sites for hydroxylation is 2. The van der Waals surface area contributed by atoms with Crippen molar-refractivity contribution in [2.45, 2.75) is 45.8 Å². The molecule has 0 unspecified atom stereocenters. The van der Waals surface area contributed by atoms with Gasteiger partial charge in [0.15, 0.2) is 5.82 Å². The predicted octanol–water partition coefficient (Wildman–Crippen LogP) is 3.97. The third kappa shape index (κ3) is 4.41. The molecule has 2 aromatic carbocycles. The quantitative estimate of drug-likeness (QED) is 0.493.